The van der Waals surface area contributed by atoms with Gasteiger partial charge in [0.2, 0.25) is 5.91 Å². The third-order valence-corrected chi connectivity index (χ3v) is 7.07. The monoisotopic (exact) mass is 552 g/mol. The summed E-state index contributed by atoms with van der Waals surface area (Å²) in [5.41, 5.74) is 3.62. The predicted octanol–water partition coefficient (Wildman–Crippen LogP) is 7.41. The van der Waals surface area contributed by atoms with Crippen LogP contribution in [0, 0.1) is 5.82 Å². The fraction of sp³-hybridized carbons (Fsp3) is 0.182. The molecule has 1 N–H and O–H groups in total. The molecule has 1 amide bonds. The first-order valence-corrected chi connectivity index (χ1v) is 13.7. The second kappa shape index (κ2) is 12.7. The Morgan fingerprint density at radius 3 is 2.33 bits per heavy atom. The molecule has 1 heterocycles. The van der Waals surface area contributed by atoms with Gasteiger partial charge in [0.05, 0.1) is 11.6 Å². The third kappa shape index (κ3) is 6.82. The maximum absolute atomic E-state index is 13.6. The van der Waals surface area contributed by atoms with Crippen LogP contribution in [0.4, 0.5) is 10.2 Å². The van der Waals surface area contributed by atoms with Crippen LogP contribution >= 0.6 is 11.6 Å². The molecular formula is C33H30ClFN4O. The van der Waals surface area contributed by atoms with Crippen molar-refractivity contribution < 1.29 is 9.18 Å². The molecule has 202 valence electrons. The van der Waals surface area contributed by atoms with Crippen molar-refractivity contribution in [1.82, 2.24) is 15.3 Å². The lowest BCUT2D eigenvalue weighted by Crippen LogP contribution is -2.34. The topological polar surface area (TPSA) is 58.1 Å². The van der Waals surface area contributed by atoms with Crippen molar-refractivity contribution in [3.8, 4) is 11.4 Å². The summed E-state index contributed by atoms with van der Waals surface area (Å²) in [6.45, 7) is 3.08. The molecule has 5 rings (SSSR count). The number of nitrogens with one attached hydrogen (secondary N) is 1. The van der Waals surface area contributed by atoms with E-state index in [4.69, 9.17) is 21.6 Å². The number of amides is 1. The summed E-state index contributed by atoms with van der Waals surface area (Å²) in [7, 11) is 0. The Bertz CT molecular complexity index is 1580. The van der Waals surface area contributed by atoms with Crippen LogP contribution in [0.2, 0.25) is 5.02 Å². The van der Waals surface area contributed by atoms with Gasteiger partial charge in [0.1, 0.15) is 11.6 Å². The van der Waals surface area contributed by atoms with E-state index in [0.29, 0.717) is 40.8 Å². The van der Waals surface area contributed by atoms with Crippen LogP contribution in [-0.2, 0) is 11.2 Å². The zero-order chi connectivity index (χ0) is 27.9. The molecule has 0 aliphatic carbocycles. The molecule has 0 aliphatic heterocycles. The van der Waals surface area contributed by atoms with Crippen LogP contribution in [-0.4, -0.2) is 29.0 Å². The Balaban J connectivity index is 1.46. The maximum atomic E-state index is 13.6. The Kier molecular flexibility index (Phi) is 8.67. The molecule has 0 radical (unpaired) electrons. The number of benzene rings is 4. The summed E-state index contributed by atoms with van der Waals surface area (Å²) in [5.74, 6) is 0.812. The number of hydrogen-bond acceptors (Lipinski definition) is 4. The van der Waals surface area contributed by atoms with Gasteiger partial charge in [-0.1, -0.05) is 72.3 Å². The Morgan fingerprint density at radius 1 is 0.900 bits per heavy atom. The second-order valence-electron chi connectivity index (χ2n) is 9.71. The molecule has 0 aliphatic rings. The highest BCUT2D eigenvalue weighted by atomic mass is 35.5. The lowest BCUT2D eigenvalue weighted by molar-refractivity contribution is -0.121. The molecule has 0 spiro atoms. The van der Waals surface area contributed by atoms with Gasteiger partial charge in [0.25, 0.3) is 0 Å². The number of anilines is 1. The van der Waals surface area contributed by atoms with Crippen LogP contribution < -0.4 is 10.2 Å². The molecule has 1 atom stereocenters. The maximum Gasteiger partial charge on any atom is 0.222 e. The molecule has 1 unspecified atom stereocenters. The SMILES string of the molecule is CC(NC(=O)CCN(CCc1ccccc1)c1nc(-c2ccc(F)cc2)nc2cc(Cl)ccc12)c1ccccc1. The largest absolute Gasteiger partial charge is 0.355 e. The number of hydrogen-bond donors (Lipinski definition) is 1. The zero-order valence-electron chi connectivity index (χ0n) is 22.2. The molecule has 0 fully saturated rings. The van der Waals surface area contributed by atoms with Crippen LogP contribution in [0.1, 0.15) is 30.5 Å². The smallest absolute Gasteiger partial charge is 0.222 e. The Morgan fingerprint density at radius 2 is 1.60 bits per heavy atom. The van der Waals surface area contributed by atoms with Crippen molar-refractivity contribution in [2.24, 2.45) is 0 Å². The van der Waals surface area contributed by atoms with Gasteiger partial charge >= 0.3 is 0 Å². The lowest BCUT2D eigenvalue weighted by atomic mass is 10.1. The lowest BCUT2D eigenvalue weighted by Gasteiger charge is -2.26. The van der Waals surface area contributed by atoms with Crippen molar-refractivity contribution in [2.75, 3.05) is 18.0 Å². The molecule has 0 bridgehead atoms. The average Bonchev–Trinajstić information content (AvgIpc) is 2.98. The minimum Gasteiger partial charge on any atom is -0.355 e. The minimum atomic E-state index is -0.326. The quantitative estimate of drug-likeness (QED) is 0.196. The van der Waals surface area contributed by atoms with E-state index in [1.165, 1.54) is 17.7 Å². The van der Waals surface area contributed by atoms with Crippen LogP contribution in [0.3, 0.4) is 0 Å². The summed E-state index contributed by atoms with van der Waals surface area (Å²) >= 11 is 6.34. The Hall–Kier alpha value is -4.29. The predicted molar refractivity (Wildman–Crippen MR) is 160 cm³/mol. The second-order valence-corrected chi connectivity index (χ2v) is 10.1. The van der Waals surface area contributed by atoms with Crippen molar-refractivity contribution in [3.05, 3.63) is 125 Å². The molecule has 5 nitrogen and oxygen atoms in total. The summed E-state index contributed by atoms with van der Waals surface area (Å²) in [6, 6.07) is 31.7. The first-order valence-electron chi connectivity index (χ1n) is 13.3. The van der Waals surface area contributed by atoms with Gasteiger partial charge in [-0.15, -0.1) is 0 Å². The number of aromatic nitrogens is 2. The molecular weight excluding hydrogens is 523 g/mol. The molecule has 7 heteroatoms. The summed E-state index contributed by atoms with van der Waals surface area (Å²) in [5, 5.41) is 4.51. The van der Waals surface area contributed by atoms with E-state index in [2.05, 4.69) is 22.3 Å². The van der Waals surface area contributed by atoms with Gasteiger partial charge in [-0.05, 0) is 66.9 Å². The van der Waals surface area contributed by atoms with Gasteiger partial charge < -0.3 is 10.2 Å². The number of carbonyl (C=O) groups excluding carboxylic acids is 1. The van der Waals surface area contributed by atoms with E-state index in [9.17, 15) is 9.18 Å². The van der Waals surface area contributed by atoms with Gasteiger partial charge in [-0.2, -0.15) is 0 Å². The standard InChI is InChI=1S/C33H30ClFN4O/c1-23(25-10-6-3-7-11-25)36-31(40)19-21-39(20-18-24-8-4-2-5-9-24)33-29-17-14-27(34)22-30(29)37-32(38-33)26-12-15-28(35)16-13-26/h2-17,22-23H,18-21H2,1H3,(H,36,40). The first kappa shape index (κ1) is 27.3. The van der Waals surface area contributed by atoms with Crippen molar-refractivity contribution in [3.63, 3.8) is 0 Å². The number of carbonyl (C=O) groups is 1. The summed E-state index contributed by atoms with van der Waals surface area (Å²) in [4.78, 5) is 24.9. The molecule has 0 saturated carbocycles. The molecule has 5 aromatic rings. The van der Waals surface area contributed by atoms with Crippen molar-refractivity contribution in [2.45, 2.75) is 25.8 Å². The van der Waals surface area contributed by atoms with E-state index < -0.39 is 0 Å². The number of fused-ring (bicyclic) bond motifs is 1. The molecule has 4 aromatic carbocycles. The summed E-state index contributed by atoms with van der Waals surface area (Å²) in [6.07, 6.45) is 1.06. The van der Waals surface area contributed by atoms with Crippen molar-refractivity contribution in [1.29, 1.82) is 0 Å². The fourth-order valence-corrected chi connectivity index (χ4v) is 4.83. The van der Waals surface area contributed by atoms with Crippen LogP contribution in [0.5, 0.6) is 0 Å². The average molecular weight is 553 g/mol. The van der Waals surface area contributed by atoms with Gasteiger partial charge in [-0.3, -0.25) is 4.79 Å². The molecule has 40 heavy (non-hydrogen) atoms. The first-order chi connectivity index (χ1) is 19.5. The zero-order valence-corrected chi connectivity index (χ0v) is 23.0. The Labute approximate surface area is 238 Å². The highest BCUT2D eigenvalue weighted by Crippen LogP contribution is 2.30. The highest BCUT2D eigenvalue weighted by Gasteiger charge is 2.18. The number of nitrogens with zero attached hydrogens (tertiary/aromatic N) is 3. The van der Waals surface area contributed by atoms with Crippen LogP contribution in [0.15, 0.2) is 103 Å². The van der Waals surface area contributed by atoms with E-state index in [1.54, 1.807) is 18.2 Å². The minimum absolute atomic E-state index is 0.0405. The fourth-order valence-electron chi connectivity index (χ4n) is 4.66. The molecule has 0 saturated heterocycles. The normalized spacial score (nSPS) is 11.8. The molecule has 1 aromatic heterocycles. The highest BCUT2D eigenvalue weighted by molar-refractivity contribution is 6.31. The summed E-state index contributed by atoms with van der Waals surface area (Å²) < 4.78 is 13.6. The van der Waals surface area contributed by atoms with Gasteiger partial charge in [0.15, 0.2) is 5.82 Å². The van der Waals surface area contributed by atoms with Crippen LogP contribution in [0.25, 0.3) is 22.3 Å². The van der Waals surface area contributed by atoms with E-state index in [-0.39, 0.29) is 24.2 Å². The van der Waals surface area contributed by atoms with E-state index >= 15 is 0 Å². The van der Waals surface area contributed by atoms with E-state index in [0.717, 1.165) is 17.4 Å². The van der Waals surface area contributed by atoms with E-state index in [1.807, 2.05) is 67.6 Å². The van der Waals surface area contributed by atoms with Gasteiger partial charge in [0, 0.05) is 35.5 Å². The third-order valence-electron chi connectivity index (χ3n) is 6.84. The number of rotatable bonds is 10. The number of halogens is 2. The van der Waals surface area contributed by atoms with Crippen molar-refractivity contribution >= 4 is 34.2 Å². The van der Waals surface area contributed by atoms with Gasteiger partial charge in [-0.25, -0.2) is 14.4 Å².